The van der Waals surface area contributed by atoms with Crippen LogP contribution in [-0.4, -0.2) is 60.3 Å². The molecule has 1 aliphatic heterocycles. The average Bonchev–Trinajstić information content (AvgIpc) is 2.86. The number of nitro groups is 1. The number of sulfonamides is 1. The van der Waals surface area contributed by atoms with Crippen molar-refractivity contribution in [1.29, 1.82) is 0 Å². The predicted octanol–water partition coefficient (Wildman–Crippen LogP) is 4.21. The highest BCUT2D eigenvalue weighted by Crippen LogP contribution is 2.33. The van der Waals surface area contributed by atoms with Crippen LogP contribution in [0.4, 0.5) is 11.4 Å². The fraction of sp³-hybridized carbons (Fsp3) is 0.391. The molecule has 0 spiro atoms. The van der Waals surface area contributed by atoms with E-state index in [2.05, 4.69) is 26.5 Å². The Hall–Kier alpha value is -2.83. The standard InChI is InChI=1S/C23H28BrN5O5S/c1-3-27(4-2)23(30)21-7-5-6-14-28(21)35(33,34)22-15-19(29(31)32)12-13-20(22)26-25-16-17-8-10-18(24)11-9-17/h8-13,15-16,21,26H,3-7,14H2,1-2H3/b25-16+. The SMILES string of the molecule is CCN(CC)C(=O)C1CCCCN1S(=O)(=O)c1cc([N+](=O)[O-])ccc1N/N=C/c1ccc(Br)cc1. The number of rotatable bonds is 9. The van der Waals surface area contributed by atoms with Gasteiger partial charge in [0.1, 0.15) is 10.9 Å². The topological polar surface area (TPSA) is 125 Å². The Morgan fingerprint density at radius 2 is 1.91 bits per heavy atom. The number of carbonyl (C=O) groups is 1. The molecule has 10 nitrogen and oxygen atoms in total. The van der Waals surface area contributed by atoms with E-state index >= 15 is 0 Å². The third kappa shape index (κ3) is 6.24. The van der Waals surface area contributed by atoms with Gasteiger partial charge in [0.25, 0.3) is 5.69 Å². The number of benzene rings is 2. The molecule has 0 aliphatic carbocycles. The Balaban J connectivity index is 1.99. The summed E-state index contributed by atoms with van der Waals surface area (Å²) in [5.74, 6) is -0.258. The first-order chi connectivity index (χ1) is 16.7. The maximum absolute atomic E-state index is 13.8. The van der Waals surface area contributed by atoms with Crippen molar-refractivity contribution in [2.45, 2.75) is 44.0 Å². The lowest BCUT2D eigenvalue weighted by molar-refractivity contribution is -0.385. The zero-order valence-electron chi connectivity index (χ0n) is 19.6. The van der Waals surface area contributed by atoms with Crippen LogP contribution in [0, 0.1) is 10.1 Å². The number of hydrogen-bond acceptors (Lipinski definition) is 7. The van der Waals surface area contributed by atoms with Crippen LogP contribution in [0.15, 0.2) is 56.9 Å². The van der Waals surface area contributed by atoms with Crippen molar-refractivity contribution in [3.8, 4) is 0 Å². The number of likely N-dealkylation sites (N-methyl/N-ethyl adjacent to an activating group) is 1. The smallest absolute Gasteiger partial charge is 0.270 e. The van der Waals surface area contributed by atoms with Crippen LogP contribution in [0.1, 0.15) is 38.7 Å². The van der Waals surface area contributed by atoms with Crippen LogP contribution in [0.5, 0.6) is 0 Å². The van der Waals surface area contributed by atoms with Crippen LogP contribution >= 0.6 is 15.9 Å². The highest BCUT2D eigenvalue weighted by Gasteiger charge is 2.40. The van der Waals surface area contributed by atoms with E-state index in [4.69, 9.17) is 0 Å². The molecule has 0 aromatic heterocycles. The van der Waals surface area contributed by atoms with Crippen LogP contribution < -0.4 is 5.43 Å². The minimum absolute atomic E-state index is 0.0866. The summed E-state index contributed by atoms with van der Waals surface area (Å²) in [5, 5.41) is 15.5. The van der Waals surface area contributed by atoms with E-state index in [1.54, 1.807) is 4.90 Å². The largest absolute Gasteiger partial charge is 0.342 e. The Bertz CT molecular complexity index is 1200. The summed E-state index contributed by atoms with van der Waals surface area (Å²) in [5.41, 5.74) is 3.20. The van der Waals surface area contributed by atoms with Gasteiger partial charge in [0.15, 0.2) is 0 Å². The summed E-state index contributed by atoms with van der Waals surface area (Å²) >= 11 is 3.36. The molecule has 3 rings (SSSR count). The van der Waals surface area contributed by atoms with Gasteiger partial charge in [0.2, 0.25) is 15.9 Å². The van der Waals surface area contributed by atoms with Crippen molar-refractivity contribution in [3.63, 3.8) is 0 Å². The van der Waals surface area contributed by atoms with Crippen LogP contribution in [-0.2, 0) is 14.8 Å². The molecule has 2 aromatic carbocycles. The van der Waals surface area contributed by atoms with E-state index < -0.39 is 21.0 Å². The Labute approximate surface area is 213 Å². The van der Waals surface area contributed by atoms with Gasteiger partial charge in [-0.05, 0) is 50.5 Å². The zero-order chi connectivity index (χ0) is 25.6. The van der Waals surface area contributed by atoms with Crippen LogP contribution in [0.2, 0.25) is 0 Å². The Morgan fingerprint density at radius 1 is 1.23 bits per heavy atom. The number of nitrogens with one attached hydrogen (secondary N) is 1. The molecule has 1 heterocycles. The maximum atomic E-state index is 13.8. The molecule has 2 aromatic rings. The van der Waals surface area contributed by atoms with Gasteiger partial charge in [-0.3, -0.25) is 20.3 Å². The van der Waals surface area contributed by atoms with Gasteiger partial charge in [-0.15, -0.1) is 0 Å². The van der Waals surface area contributed by atoms with Gasteiger partial charge in [0.05, 0.1) is 16.8 Å². The first kappa shape index (κ1) is 26.8. The second kappa shape index (κ2) is 11.7. The van der Waals surface area contributed by atoms with E-state index in [1.807, 2.05) is 38.1 Å². The molecular formula is C23H28BrN5O5S. The lowest BCUT2D eigenvalue weighted by Gasteiger charge is -2.36. The van der Waals surface area contributed by atoms with Crippen LogP contribution in [0.25, 0.3) is 0 Å². The van der Waals surface area contributed by atoms with Gasteiger partial charge in [0, 0.05) is 36.2 Å². The average molecular weight is 566 g/mol. The first-order valence-electron chi connectivity index (χ1n) is 11.3. The third-order valence-corrected chi connectivity index (χ3v) is 8.32. The Kier molecular flexibility index (Phi) is 8.98. The molecule has 1 unspecified atom stereocenters. The van der Waals surface area contributed by atoms with E-state index in [1.165, 1.54) is 22.7 Å². The highest BCUT2D eigenvalue weighted by molar-refractivity contribution is 9.10. The summed E-state index contributed by atoms with van der Waals surface area (Å²) in [6, 6.07) is 10.0. The summed E-state index contributed by atoms with van der Waals surface area (Å²) in [7, 11) is -4.25. The van der Waals surface area contributed by atoms with Gasteiger partial charge >= 0.3 is 0 Å². The lowest BCUT2D eigenvalue weighted by Crippen LogP contribution is -2.52. The summed E-state index contributed by atoms with van der Waals surface area (Å²) < 4.78 is 29.7. The maximum Gasteiger partial charge on any atom is 0.270 e. The fourth-order valence-electron chi connectivity index (χ4n) is 3.97. The first-order valence-corrected chi connectivity index (χ1v) is 13.6. The van der Waals surface area contributed by atoms with E-state index in [-0.39, 0.29) is 28.7 Å². The number of halogens is 1. The van der Waals surface area contributed by atoms with E-state index in [0.29, 0.717) is 25.9 Å². The fourth-order valence-corrected chi connectivity index (χ4v) is 6.05. The molecule has 35 heavy (non-hydrogen) atoms. The molecule has 1 amide bonds. The van der Waals surface area contributed by atoms with Gasteiger partial charge in [-0.1, -0.05) is 34.5 Å². The molecule has 1 N–H and O–H groups in total. The predicted molar refractivity (Wildman–Crippen MR) is 138 cm³/mol. The third-order valence-electron chi connectivity index (χ3n) is 5.85. The van der Waals surface area contributed by atoms with Crippen molar-refractivity contribution >= 4 is 49.4 Å². The molecule has 1 aliphatic rings. The summed E-state index contributed by atoms with van der Waals surface area (Å²) in [6.07, 6.45) is 3.23. The van der Waals surface area contributed by atoms with Gasteiger partial charge in [-0.25, -0.2) is 8.42 Å². The minimum atomic E-state index is -4.25. The molecule has 12 heteroatoms. The van der Waals surface area contributed by atoms with Crippen molar-refractivity contribution in [2.75, 3.05) is 25.1 Å². The Morgan fingerprint density at radius 3 is 2.54 bits per heavy atom. The number of nitrogens with zero attached hydrogens (tertiary/aromatic N) is 4. The molecule has 0 radical (unpaired) electrons. The van der Waals surface area contributed by atoms with Gasteiger partial charge in [-0.2, -0.15) is 9.41 Å². The number of piperidine rings is 1. The molecule has 1 fully saturated rings. The zero-order valence-corrected chi connectivity index (χ0v) is 22.0. The normalized spacial score (nSPS) is 16.8. The number of non-ortho nitro benzene ring substituents is 1. The van der Waals surface area contributed by atoms with Gasteiger partial charge < -0.3 is 4.90 Å². The minimum Gasteiger partial charge on any atom is -0.342 e. The number of nitro benzene ring substituents is 1. The lowest BCUT2D eigenvalue weighted by atomic mass is 10.0. The van der Waals surface area contributed by atoms with Crippen molar-refractivity contribution in [1.82, 2.24) is 9.21 Å². The molecular weight excluding hydrogens is 538 g/mol. The van der Waals surface area contributed by atoms with Crippen molar-refractivity contribution in [3.05, 3.63) is 62.6 Å². The van der Waals surface area contributed by atoms with Crippen LogP contribution in [0.3, 0.4) is 0 Å². The van der Waals surface area contributed by atoms with Crippen molar-refractivity contribution < 1.29 is 18.1 Å². The summed E-state index contributed by atoms with van der Waals surface area (Å²) in [6.45, 7) is 4.77. The number of hydrazone groups is 1. The highest BCUT2D eigenvalue weighted by atomic mass is 79.9. The molecule has 188 valence electrons. The molecule has 1 saturated heterocycles. The second-order valence-electron chi connectivity index (χ2n) is 8.00. The second-order valence-corrected chi connectivity index (χ2v) is 10.8. The number of hydrogen-bond donors (Lipinski definition) is 1. The number of anilines is 1. The summed E-state index contributed by atoms with van der Waals surface area (Å²) in [4.78, 5) is 25.2. The number of amides is 1. The number of carbonyl (C=O) groups excluding carboxylic acids is 1. The quantitative estimate of drug-likeness (QED) is 0.275. The molecule has 1 atom stereocenters. The van der Waals surface area contributed by atoms with Crippen molar-refractivity contribution in [2.24, 2.45) is 5.10 Å². The molecule has 0 saturated carbocycles. The monoisotopic (exact) mass is 565 g/mol. The molecule has 0 bridgehead atoms. The van der Waals surface area contributed by atoms with E-state index in [0.717, 1.165) is 22.5 Å². The van der Waals surface area contributed by atoms with E-state index in [9.17, 15) is 23.3 Å².